The fraction of sp³-hybridized carbons (Fsp3) is 0.333. The molecule has 0 aliphatic carbocycles. The number of benzene rings is 1. The van der Waals surface area contributed by atoms with E-state index >= 15 is 0 Å². The molecule has 0 aliphatic heterocycles. The maximum Gasteiger partial charge on any atom is 0.237 e. The first-order chi connectivity index (χ1) is 8.52. The molecule has 98 valence electrons. The van der Waals surface area contributed by atoms with Crippen molar-refractivity contribution in [3.05, 3.63) is 34.3 Å². The number of nitrogens with zero attached hydrogens (tertiary/aromatic N) is 1. The van der Waals surface area contributed by atoms with Gasteiger partial charge in [0.25, 0.3) is 0 Å². The molecule has 6 heteroatoms. The number of hydrogen-bond donors (Lipinski definition) is 1. The first kappa shape index (κ1) is 15.2. The van der Waals surface area contributed by atoms with Gasteiger partial charge in [0.15, 0.2) is 0 Å². The summed E-state index contributed by atoms with van der Waals surface area (Å²) in [6, 6.07) is 7.60. The Morgan fingerprint density at radius 1 is 1.22 bits per heavy atom. The van der Waals surface area contributed by atoms with Crippen LogP contribution in [-0.2, 0) is 16.1 Å². The fourth-order valence-electron chi connectivity index (χ4n) is 1.47. The monoisotopic (exact) mass is 376 g/mol. The summed E-state index contributed by atoms with van der Waals surface area (Å²) in [7, 11) is 0. The first-order valence-electron chi connectivity index (χ1n) is 5.39. The molecule has 1 rings (SSSR count). The van der Waals surface area contributed by atoms with Crippen molar-refractivity contribution in [1.82, 2.24) is 4.90 Å². The molecule has 2 amide bonds. The topological polar surface area (TPSA) is 63.4 Å². The summed E-state index contributed by atoms with van der Waals surface area (Å²) in [5, 5.41) is 0.571. The van der Waals surface area contributed by atoms with Crippen molar-refractivity contribution in [2.24, 2.45) is 5.73 Å². The second kappa shape index (κ2) is 7.53. The fourth-order valence-corrected chi connectivity index (χ4v) is 2.07. The van der Waals surface area contributed by atoms with E-state index in [9.17, 15) is 9.59 Å². The highest BCUT2D eigenvalue weighted by Crippen LogP contribution is 2.12. The van der Waals surface area contributed by atoms with Crippen LogP contribution in [0, 0.1) is 0 Å². The third-order valence-corrected chi connectivity index (χ3v) is 3.22. The van der Waals surface area contributed by atoms with E-state index in [1.807, 2.05) is 24.3 Å². The Bertz CT molecular complexity index is 421. The lowest BCUT2D eigenvalue weighted by Crippen LogP contribution is -2.38. The van der Waals surface area contributed by atoms with Crippen LogP contribution in [0.1, 0.15) is 12.0 Å². The van der Waals surface area contributed by atoms with E-state index in [4.69, 9.17) is 5.73 Å². The zero-order valence-electron chi connectivity index (χ0n) is 9.73. The molecule has 0 heterocycles. The molecule has 0 saturated heterocycles. The van der Waals surface area contributed by atoms with Gasteiger partial charge in [0, 0.05) is 22.8 Å². The zero-order chi connectivity index (χ0) is 13.5. The van der Waals surface area contributed by atoms with Gasteiger partial charge in [0.1, 0.15) is 0 Å². The van der Waals surface area contributed by atoms with Gasteiger partial charge < -0.3 is 10.6 Å². The standard InChI is InChI=1S/C12H14Br2N2O2/c13-6-5-12(18)16(8-11(15)17)7-9-1-3-10(14)4-2-9/h1-4H,5-8H2,(H2,15,17). The Balaban J connectivity index is 2.74. The van der Waals surface area contributed by atoms with Crippen molar-refractivity contribution < 1.29 is 9.59 Å². The second-order valence-corrected chi connectivity index (χ2v) is 5.49. The van der Waals surface area contributed by atoms with Crippen LogP contribution in [-0.4, -0.2) is 28.6 Å². The Hall–Kier alpha value is -0.880. The third kappa shape index (κ3) is 5.18. The molecule has 4 nitrogen and oxygen atoms in total. The van der Waals surface area contributed by atoms with E-state index in [-0.39, 0.29) is 12.5 Å². The second-order valence-electron chi connectivity index (χ2n) is 3.78. The van der Waals surface area contributed by atoms with Gasteiger partial charge in [-0.15, -0.1) is 0 Å². The Kier molecular flexibility index (Phi) is 6.35. The van der Waals surface area contributed by atoms with Gasteiger partial charge in [-0.1, -0.05) is 44.0 Å². The summed E-state index contributed by atoms with van der Waals surface area (Å²) in [6.45, 7) is 0.337. The SMILES string of the molecule is NC(=O)CN(Cc1ccc(Br)cc1)C(=O)CCBr. The van der Waals surface area contributed by atoms with Gasteiger partial charge in [-0.25, -0.2) is 0 Å². The number of nitrogens with two attached hydrogens (primary N) is 1. The highest BCUT2D eigenvalue weighted by atomic mass is 79.9. The largest absolute Gasteiger partial charge is 0.368 e. The van der Waals surface area contributed by atoms with Crippen molar-refractivity contribution in [1.29, 1.82) is 0 Å². The minimum absolute atomic E-state index is 0.0537. The van der Waals surface area contributed by atoms with E-state index in [2.05, 4.69) is 31.9 Å². The molecule has 0 unspecified atom stereocenters. The summed E-state index contributed by atoms with van der Waals surface area (Å²) in [4.78, 5) is 24.3. The lowest BCUT2D eigenvalue weighted by molar-refractivity contribution is -0.135. The molecule has 0 radical (unpaired) electrons. The Labute approximate surface area is 123 Å². The Morgan fingerprint density at radius 3 is 2.33 bits per heavy atom. The Morgan fingerprint density at radius 2 is 1.83 bits per heavy atom. The number of alkyl halides is 1. The number of carbonyl (C=O) groups is 2. The van der Waals surface area contributed by atoms with E-state index in [1.165, 1.54) is 4.90 Å². The molecule has 0 fully saturated rings. The first-order valence-corrected chi connectivity index (χ1v) is 7.31. The van der Waals surface area contributed by atoms with Gasteiger partial charge in [-0.05, 0) is 17.7 Å². The molecular formula is C12H14Br2N2O2. The predicted octanol–water partition coefficient (Wildman–Crippen LogP) is 2.05. The van der Waals surface area contributed by atoms with Crippen LogP contribution in [0.2, 0.25) is 0 Å². The lowest BCUT2D eigenvalue weighted by Gasteiger charge is -2.21. The normalized spacial score (nSPS) is 10.1. The van der Waals surface area contributed by atoms with Gasteiger partial charge >= 0.3 is 0 Å². The average molecular weight is 378 g/mol. The summed E-state index contributed by atoms with van der Waals surface area (Å²) < 4.78 is 0.972. The van der Waals surface area contributed by atoms with Crippen LogP contribution in [0.5, 0.6) is 0 Å². The van der Waals surface area contributed by atoms with Crippen molar-refractivity contribution in [3.63, 3.8) is 0 Å². The molecule has 2 N–H and O–H groups in total. The van der Waals surface area contributed by atoms with Crippen molar-refractivity contribution in [2.75, 3.05) is 11.9 Å². The van der Waals surface area contributed by atoms with Crippen LogP contribution in [0.3, 0.4) is 0 Å². The number of carbonyl (C=O) groups excluding carboxylic acids is 2. The highest BCUT2D eigenvalue weighted by molar-refractivity contribution is 9.10. The molecule has 0 spiro atoms. The van der Waals surface area contributed by atoms with Crippen LogP contribution in [0.4, 0.5) is 0 Å². The van der Waals surface area contributed by atoms with Gasteiger partial charge in [0.2, 0.25) is 11.8 Å². The molecule has 1 aromatic rings. The quantitative estimate of drug-likeness (QED) is 0.771. The molecule has 1 aromatic carbocycles. The smallest absolute Gasteiger partial charge is 0.237 e. The van der Waals surface area contributed by atoms with E-state index in [0.717, 1.165) is 10.0 Å². The number of amides is 2. The molecule has 0 bridgehead atoms. The number of hydrogen-bond acceptors (Lipinski definition) is 2. The molecule has 0 aliphatic rings. The van der Waals surface area contributed by atoms with E-state index in [1.54, 1.807) is 0 Å². The summed E-state index contributed by atoms with van der Waals surface area (Å²) in [6.07, 6.45) is 0.351. The zero-order valence-corrected chi connectivity index (χ0v) is 12.9. The van der Waals surface area contributed by atoms with Gasteiger partial charge in [-0.2, -0.15) is 0 Å². The van der Waals surface area contributed by atoms with Crippen molar-refractivity contribution in [3.8, 4) is 0 Å². The van der Waals surface area contributed by atoms with E-state index in [0.29, 0.717) is 18.3 Å². The van der Waals surface area contributed by atoms with Crippen molar-refractivity contribution >= 4 is 43.7 Å². The highest BCUT2D eigenvalue weighted by Gasteiger charge is 2.15. The summed E-state index contributed by atoms with van der Waals surface area (Å²) in [5.41, 5.74) is 6.11. The molecule has 0 saturated carbocycles. The summed E-state index contributed by atoms with van der Waals surface area (Å²) in [5.74, 6) is -0.594. The third-order valence-electron chi connectivity index (χ3n) is 2.29. The maximum absolute atomic E-state index is 11.8. The molecule has 0 aromatic heterocycles. The van der Waals surface area contributed by atoms with Crippen LogP contribution < -0.4 is 5.73 Å². The molecular weight excluding hydrogens is 364 g/mol. The minimum Gasteiger partial charge on any atom is -0.368 e. The number of halogens is 2. The lowest BCUT2D eigenvalue weighted by atomic mass is 10.2. The van der Waals surface area contributed by atoms with Crippen LogP contribution in [0.15, 0.2) is 28.7 Å². The summed E-state index contributed by atoms with van der Waals surface area (Å²) >= 11 is 6.55. The van der Waals surface area contributed by atoms with Gasteiger partial charge in [-0.3, -0.25) is 9.59 Å². The van der Waals surface area contributed by atoms with Crippen LogP contribution in [0.25, 0.3) is 0 Å². The number of rotatable bonds is 6. The average Bonchev–Trinajstić information content (AvgIpc) is 2.31. The van der Waals surface area contributed by atoms with E-state index < -0.39 is 5.91 Å². The number of primary amides is 1. The maximum atomic E-state index is 11.8. The molecule has 0 atom stereocenters. The van der Waals surface area contributed by atoms with Crippen LogP contribution >= 0.6 is 31.9 Å². The predicted molar refractivity (Wildman–Crippen MR) is 77.2 cm³/mol. The minimum atomic E-state index is -0.505. The van der Waals surface area contributed by atoms with Crippen molar-refractivity contribution in [2.45, 2.75) is 13.0 Å². The van der Waals surface area contributed by atoms with Gasteiger partial charge in [0.05, 0.1) is 6.54 Å². The molecule has 18 heavy (non-hydrogen) atoms.